The van der Waals surface area contributed by atoms with Crippen molar-refractivity contribution in [1.82, 2.24) is 0 Å². The minimum absolute atomic E-state index is 0.180. The van der Waals surface area contributed by atoms with E-state index in [1.807, 2.05) is 0 Å². The van der Waals surface area contributed by atoms with Crippen molar-refractivity contribution >= 4 is 17.9 Å². The van der Waals surface area contributed by atoms with E-state index in [2.05, 4.69) is 13.5 Å². The molecule has 0 radical (unpaired) electrons. The van der Waals surface area contributed by atoms with Crippen LogP contribution in [0, 0.1) is 5.92 Å². The largest absolute Gasteiger partial charge is 0.463 e. The first-order valence-electron chi connectivity index (χ1n) is 9.57. The molecule has 26 heavy (non-hydrogen) atoms. The normalized spacial score (nSPS) is 22.5. The van der Waals surface area contributed by atoms with Crippen molar-refractivity contribution in [2.75, 3.05) is 6.61 Å². The van der Waals surface area contributed by atoms with E-state index in [1.54, 1.807) is 13.8 Å². The van der Waals surface area contributed by atoms with Gasteiger partial charge in [0.2, 0.25) is 5.60 Å². The Morgan fingerprint density at radius 3 is 2.35 bits per heavy atom. The second kappa shape index (κ2) is 11.0. The molecule has 0 aromatic carbocycles. The van der Waals surface area contributed by atoms with Gasteiger partial charge in [-0.1, -0.05) is 32.8 Å². The van der Waals surface area contributed by atoms with Crippen LogP contribution in [0.3, 0.4) is 0 Å². The maximum Gasteiger partial charge on any atom is 0.350 e. The van der Waals surface area contributed by atoms with E-state index in [9.17, 15) is 14.4 Å². The molecule has 0 saturated heterocycles. The zero-order valence-electron chi connectivity index (χ0n) is 16.3. The molecular formula is C20H32O6. The highest BCUT2D eigenvalue weighted by atomic mass is 16.6. The van der Waals surface area contributed by atoms with Crippen LogP contribution in [0.15, 0.2) is 12.7 Å². The number of rotatable bonds is 10. The van der Waals surface area contributed by atoms with Gasteiger partial charge in [-0.2, -0.15) is 0 Å². The molecule has 1 rings (SSSR count). The summed E-state index contributed by atoms with van der Waals surface area (Å²) in [6, 6.07) is 0. The molecule has 0 spiro atoms. The molecule has 0 N–H and O–H groups in total. The summed E-state index contributed by atoms with van der Waals surface area (Å²) in [5, 5.41) is 0. The molecule has 1 aliphatic rings. The molecule has 1 fully saturated rings. The van der Waals surface area contributed by atoms with Gasteiger partial charge in [0.15, 0.2) is 0 Å². The van der Waals surface area contributed by atoms with Crippen molar-refractivity contribution in [1.29, 1.82) is 0 Å². The molecule has 0 bridgehead atoms. The van der Waals surface area contributed by atoms with Crippen molar-refractivity contribution < 1.29 is 28.6 Å². The lowest BCUT2D eigenvalue weighted by molar-refractivity contribution is -0.186. The Balaban J connectivity index is 2.68. The molecule has 6 nitrogen and oxygen atoms in total. The van der Waals surface area contributed by atoms with Crippen LogP contribution in [0.25, 0.3) is 0 Å². The zero-order chi connectivity index (χ0) is 19.6. The third-order valence-electron chi connectivity index (χ3n) is 4.54. The van der Waals surface area contributed by atoms with Crippen molar-refractivity contribution in [3.05, 3.63) is 12.7 Å². The van der Waals surface area contributed by atoms with Crippen LogP contribution >= 0.6 is 0 Å². The molecule has 1 saturated carbocycles. The number of ether oxygens (including phenoxy) is 3. The summed E-state index contributed by atoms with van der Waals surface area (Å²) >= 11 is 0. The highest BCUT2D eigenvalue weighted by Gasteiger charge is 2.48. The number of unbranched alkanes of at least 4 members (excludes halogenated alkanes) is 3. The summed E-state index contributed by atoms with van der Waals surface area (Å²) in [5.41, 5.74) is -1.33. The van der Waals surface area contributed by atoms with Gasteiger partial charge in [0.1, 0.15) is 0 Å². The third-order valence-corrected chi connectivity index (χ3v) is 4.54. The minimum atomic E-state index is -1.33. The van der Waals surface area contributed by atoms with Gasteiger partial charge in [-0.15, -0.1) is 0 Å². The highest BCUT2D eigenvalue weighted by Crippen LogP contribution is 2.37. The lowest BCUT2D eigenvalue weighted by Gasteiger charge is -2.36. The fourth-order valence-corrected chi connectivity index (χ4v) is 3.06. The van der Waals surface area contributed by atoms with Gasteiger partial charge in [-0.05, 0) is 46.0 Å². The van der Waals surface area contributed by atoms with Crippen molar-refractivity contribution in [2.24, 2.45) is 5.92 Å². The summed E-state index contributed by atoms with van der Waals surface area (Å²) in [6.45, 7) is 9.40. The van der Waals surface area contributed by atoms with Crippen LogP contribution in [-0.4, -0.2) is 36.2 Å². The van der Waals surface area contributed by atoms with Crippen LogP contribution in [0.2, 0.25) is 0 Å². The molecule has 0 atom stereocenters. The van der Waals surface area contributed by atoms with Gasteiger partial charge in [-0.25, -0.2) is 9.59 Å². The molecule has 148 valence electrons. The predicted octanol–water partition coefficient (Wildman–Crippen LogP) is 3.72. The van der Waals surface area contributed by atoms with Gasteiger partial charge in [-0.3, -0.25) is 4.79 Å². The smallest absolute Gasteiger partial charge is 0.350 e. The number of hydrogen-bond donors (Lipinski definition) is 0. The molecule has 0 aliphatic heterocycles. The summed E-state index contributed by atoms with van der Waals surface area (Å²) < 4.78 is 16.0. The number of hydrogen-bond acceptors (Lipinski definition) is 6. The van der Waals surface area contributed by atoms with E-state index >= 15 is 0 Å². The Labute approximate surface area is 156 Å². The molecule has 0 aromatic rings. The first kappa shape index (κ1) is 22.2. The van der Waals surface area contributed by atoms with Gasteiger partial charge in [0.25, 0.3) is 0 Å². The van der Waals surface area contributed by atoms with E-state index in [0.29, 0.717) is 19.4 Å². The van der Waals surface area contributed by atoms with E-state index in [1.165, 1.54) is 0 Å². The quantitative estimate of drug-likeness (QED) is 0.253. The SMILES string of the molecule is C=CC(=O)OC1(C(=O)OCCCCCC)CCC(C(=O)OC(C)C)CC1. The Morgan fingerprint density at radius 1 is 1.15 bits per heavy atom. The van der Waals surface area contributed by atoms with Crippen molar-refractivity contribution in [3.8, 4) is 0 Å². The number of carbonyl (C=O) groups is 3. The van der Waals surface area contributed by atoms with Gasteiger partial charge >= 0.3 is 17.9 Å². The Morgan fingerprint density at radius 2 is 1.81 bits per heavy atom. The van der Waals surface area contributed by atoms with Crippen LogP contribution in [0.4, 0.5) is 0 Å². The van der Waals surface area contributed by atoms with Crippen LogP contribution in [0.1, 0.15) is 72.1 Å². The van der Waals surface area contributed by atoms with E-state index < -0.39 is 17.5 Å². The molecule has 1 aliphatic carbocycles. The van der Waals surface area contributed by atoms with E-state index in [4.69, 9.17) is 14.2 Å². The van der Waals surface area contributed by atoms with Crippen molar-refractivity contribution in [2.45, 2.75) is 83.8 Å². The lowest BCUT2D eigenvalue weighted by Crippen LogP contribution is -2.48. The summed E-state index contributed by atoms with van der Waals surface area (Å²) in [5.74, 6) is -1.74. The summed E-state index contributed by atoms with van der Waals surface area (Å²) in [4.78, 5) is 36.4. The third kappa shape index (κ3) is 6.81. The number of carbonyl (C=O) groups excluding carboxylic acids is 3. The second-order valence-electron chi connectivity index (χ2n) is 7.08. The average Bonchev–Trinajstić information content (AvgIpc) is 2.61. The zero-order valence-corrected chi connectivity index (χ0v) is 16.3. The topological polar surface area (TPSA) is 78.9 Å². The Hall–Kier alpha value is -1.85. The maximum atomic E-state index is 12.6. The summed E-state index contributed by atoms with van der Waals surface area (Å²) in [6.07, 6.45) is 6.16. The molecule has 0 amide bonds. The van der Waals surface area contributed by atoms with Crippen LogP contribution in [0.5, 0.6) is 0 Å². The van der Waals surface area contributed by atoms with Crippen LogP contribution < -0.4 is 0 Å². The monoisotopic (exact) mass is 368 g/mol. The van der Waals surface area contributed by atoms with Crippen LogP contribution in [-0.2, 0) is 28.6 Å². The first-order chi connectivity index (χ1) is 12.3. The second-order valence-corrected chi connectivity index (χ2v) is 7.08. The fraction of sp³-hybridized carbons (Fsp3) is 0.750. The van der Waals surface area contributed by atoms with Gasteiger partial charge < -0.3 is 14.2 Å². The summed E-state index contributed by atoms with van der Waals surface area (Å²) in [7, 11) is 0. The first-order valence-corrected chi connectivity index (χ1v) is 9.57. The Bertz CT molecular complexity index is 489. The number of esters is 3. The van der Waals surface area contributed by atoms with Gasteiger partial charge in [0, 0.05) is 6.08 Å². The molecule has 6 heteroatoms. The van der Waals surface area contributed by atoms with E-state index in [0.717, 1.165) is 31.8 Å². The maximum absolute atomic E-state index is 12.6. The highest BCUT2D eigenvalue weighted by molar-refractivity contribution is 5.88. The van der Waals surface area contributed by atoms with Crippen molar-refractivity contribution in [3.63, 3.8) is 0 Å². The minimum Gasteiger partial charge on any atom is -0.463 e. The predicted molar refractivity (Wildman–Crippen MR) is 97.3 cm³/mol. The fourth-order valence-electron chi connectivity index (χ4n) is 3.06. The molecule has 0 aromatic heterocycles. The molecular weight excluding hydrogens is 336 g/mol. The lowest BCUT2D eigenvalue weighted by atomic mass is 9.78. The standard InChI is InChI=1S/C20H32O6/c1-5-7-8-9-14-24-19(23)20(26-17(21)6-2)12-10-16(11-13-20)18(22)25-15(3)4/h6,15-16H,2,5,7-14H2,1,3-4H3. The van der Waals surface area contributed by atoms with Gasteiger partial charge in [0.05, 0.1) is 18.6 Å². The Kier molecular flexibility index (Phi) is 9.38. The molecule has 0 unspecified atom stereocenters. The average molecular weight is 368 g/mol. The van der Waals surface area contributed by atoms with E-state index in [-0.39, 0.29) is 30.8 Å². The molecule has 0 heterocycles.